The van der Waals surface area contributed by atoms with Crippen molar-refractivity contribution in [1.82, 2.24) is 0 Å². The molecule has 0 saturated carbocycles. The molecule has 1 N–H and O–H groups in total. The lowest BCUT2D eigenvalue weighted by Crippen LogP contribution is -2.21. The zero-order chi connectivity index (χ0) is 15.1. The Balaban J connectivity index is 1.73. The number of hydrogen-bond donors (Lipinski definition) is 1. The van der Waals surface area contributed by atoms with Crippen LogP contribution in [0.5, 0.6) is 5.75 Å². The van der Waals surface area contributed by atoms with Crippen molar-refractivity contribution < 1.29 is 19.3 Å². The quantitative estimate of drug-likeness (QED) is 0.840. The fraction of sp³-hybridized carbons (Fsp3) is 0.647. The fourth-order valence-electron chi connectivity index (χ4n) is 2.40. The van der Waals surface area contributed by atoms with Crippen LogP contribution in [-0.2, 0) is 9.47 Å². The van der Waals surface area contributed by atoms with Gasteiger partial charge in [0, 0.05) is 19.8 Å². The standard InChI is InChI=1S/C17H26O4/c1-13(2)21-16-5-3-15(4-6-16)17(18)12-20-11-14-7-9-19-10-8-14/h3-6,13-14,17-18H,7-12H2,1-2H3. The van der Waals surface area contributed by atoms with E-state index < -0.39 is 6.10 Å². The third-order valence-electron chi connectivity index (χ3n) is 3.61. The van der Waals surface area contributed by atoms with Gasteiger partial charge < -0.3 is 19.3 Å². The molecule has 21 heavy (non-hydrogen) atoms. The molecule has 1 saturated heterocycles. The third-order valence-corrected chi connectivity index (χ3v) is 3.61. The zero-order valence-electron chi connectivity index (χ0n) is 13.0. The second-order valence-electron chi connectivity index (χ2n) is 5.84. The SMILES string of the molecule is CC(C)Oc1ccc(C(O)COCC2CCOCC2)cc1. The average molecular weight is 294 g/mol. The van der Waals surface area contributed by atoms with Gasteiger partial charge in [-0.2, -0.15) is 0 Å². The van der Waals surface area contributed by atoms with Crippen LogP contribution in [0.3, 0.4) is 0 Å². The van der Waals surface area contributed by atoms with Crippen molar-refractivity contribution in [2.75, 3.05) is 26.4 Å². The summed E-state index contributed by atoms with van der Waals surface area (Å²) < 4.78 is 16.6. The summed E-state index contributed by atoms with van der Waals surface area (Å²) in [7, 11) is 0. The van der Waals surface area contributed by atoms with E-state index in [9.17, 15) is 5.11 Å². The first-order valence-corrected chi connectivity index (χ1v) is 7.75. The van der Waals surface area contributed by atoms with Crippen molar-refractivity contribution in [3.63, 3.8) is 0 Å². The van der Waals surface area contributed by atoms with Crippen LogP contribution >= 0.6 is 0 Å². The van der Waals surface area contributed by atoms with Crippen LogP contribution in [0.2, 0.25) is 0 Å². The molecular weight excluding hydrogens is 268 g/mol. The van der Waals surface area contributed by atoms with Gasteiger partial charge in [-0.1, -0.05) is 12.1 Å². The molecule has 0 radical (unpaired) electrons. The minimum absolute atomic E-state index is 0.156. The predicted octanol–water partition coefficient (Wildman–Crippen LogP) is 2.95. The molecule has 1 aromatic carbocycles. The summed E-state index contributed by atoms with van der Waals surface area (Å²) in [6, 6.07) is 7.55. The van der Waals surface area contributed by atoms with E-state index >= 15 is 0 Å². The molecule has 2 rings (SSSR count). The topological polar surface area (TPSA) is 47.9 Å². The van der Waals surface area contributed by atoms with Gasteiger partial charge in [-0.05, 0) is 50.3 Å². The van der Waals surface area contributed by atoms with Crippen molar-refractivity contribution in [2.24, 2.45) is 5.92 Å². The average Bonchev–Trinajstić information content (AvgIpc) is 2.48. The second kappa shape index (κ2) is 8.37. The molecule has 0 spiro atoms. The summed E-state index contributed by atoms with van der Waals surface area (Å²) >= 11 is 0. The lowest BCUT2D eigenvalue weighted by molar-refractivity contribution is -0.00967. The molecule has 1 aliphatic rings. The maximum absolute atomic E-state index is 10.1. The highest BCUT2D eigenvalue weighted by Gasteiger charge is 2.15. The number of aliphatic hydroxyl groups is 1. The lowest BCUT2D eigenvalue weighted by Gasteiger charge is -2.22. The van der Waals surface area contributed by atoms with Crippen molar-refractivity contribution in [3.8, 4) is 5.75 Å². The van der Waals surface area contributed by atoms with Gasteiger partial charge in [0.1, 0.15) is 11.9 Å². The molecule has 4 nitrogen and oxygen atoms in total. The summed E-state index contributed by atoms with van der Waals surface area (Å²) in [5.41, 5.74) is 0.859. The van der Waals surface area contributed by atoms with Gasteiger partial charge in [-0.3, -0.25) is 0 Å². The van der Waals surface area contributed by atoms with Crippen molar-refractivity contribution in [2.45, 2.75) is 38.9 Å². The van der Waals surface area contributed by atoms with Crippen molar-refractivity contribution in [1.29, 1.82) is 0 Å². The first kappa shape index (κ1) is 16.3. The number of ether oxygens (including phenoxy) is 3. The number of benzene rings is 1. The van der Waals surface area contributed by atoms with E-state index in [0.717, 1.165) is 37.4 Å². The summed E-state index contributed by atoms with van der Waals surface area (Å²) in [6.07, 6.45) is 1.68. The molecule has 0 aliphatic carbocycles. The van der Waals surface area contributed by atoms with Gasteiger partial charge in [-0.25, -0.2) is 0 Å². The molecule has 1 aliphatic heterocycles. The highest BCUT2D eigenvalue weighted by Crippen LogP contribution is 2.20. The Kier molecular flexibility index (Phi) is 6.49. The molecule has 4 heteroatoms. The summed E-state index contributed by atoms with van der Waals surface area (Å²) in [6.45, 7) is 6.68. The Bertz CT molecular complexity index is 396. The summed E-state index contributed by atoms with van der Waals surface area (Å²) in [4.78, 5) is 0. The van der Waals surface area contributed by atoms with Crippen LogP contribution in [0, 0.1) is 5.92 Å². The smallest absolute Gasteiger partial charge is 0.119 e. The van der Waals surface area contributed by atoms with Gasteiger partial charge in [0.2, 0.25) is 0 Å². The summed E-state index contributed by atoms with van der Waals surface area (Å²) in [5, 5.41) is 10.1. The fourth-order valence-corrected chi connectivity index (χ4v) is 2.40. The largest absolute Gasteiger partial charge is 0.491 e. The van der Waals surface area contributed by atoms with Crippen LogP contribution in [0.15, 0.2) is 24.3 Å². The van der Waals surface area contributed by atoms with Gasteiger partial charge in [-0.15, -0.1) is 0 Å². The molecule has 1 heterocycles. The zero-order valence-corrected chi connectivity index (χ0v) is 13.0. The van der Waals surface area contributed by atoms with E-state index in [1.54, 1.807) is 0 Å². The Morgan fingerprint density at radius 3 is 2.48 bits per heavy atom. The third kappa shape index (κ3) is 5.65. The van der Waals surface area contributed by atoms with E-state index in [1.165, 1.54) is 0 Å². The Hall–Kier alpha value is -1.10. The maximum atomic E-state index is 10.1. The predicted molar refractivity (Wildman–Crippen MR) is 81.5 cm³/mol. The van der Waals surface area contributed by atoms with Crippen LogP contribution < -0.4 is 4.74 Å². The van der Waals surface area contributed by atoms with Gasteiger partial charge in [0.05, 0.1) is 12.7 Å². The van der Waals surface area contributed by atoms with Gasteiger partial charge >= 0.3 is 0 Å². The monoisotopic (exact) mass is 294 g/mol. The first-order valence-electron chi connectivity index (χ1n) is 7.75. The highest BCUT2D eigenvalue weighted by molar-refractivity contribution is 5.28. The molecule has 0 aromatic heterocycles. The van der Waals surface area contributed by atoms with E-state index in [0.29, 0.717) is 19.1 Å². The van der Waals surface area contributed by atoms with Crippen LogP contribution in [0.1, 0.15) is 38.4 Å². The minimum Gasteiger partial charge on any atom is -0.491 e. The molecule has 118 valence electrons. The molecule has 1 unspecified atom stereocenters. The van der Waals surface area contributed by atoms with Crippen molar-refractivity contribution >= 4 is 0 Å². The normalized spacial score (nSPS) is 17.9. The van der Waals surface area contributed by atoms with E-state index in [4.69, 9.17) is 14.2 Å². The van der Waals surface area contributed by atoms with Crippen molar-refractivity contribution in [3.05, 3.63) is 29.8 Å². The molecular formula is C17H26O4. The minimum atomic E-state index is -0.585. The molecule has 0 amide bonds. The van der Waals surface area contributed by atoms with E-state index in [2.05, 4.69) is 0 Å². The van der Waals surface area contributed by atoms with Crippen LogP contribution in [-0.4, -0.2) is 37.6 Å². The van der Waals surface area contributed by atoms with E-state index in [-0.39, 0.29) is 6.10 Å². The molecule has 1 fully saturated rings. The lowest BCUT2D eigenvalue weighted by atomic mass is 10.0. The first-order chi connectivity index (χ1) is 10.1. The maximum Gasteiger partial charge on any atom is 0.119 e. The molecule has 1 atom stereocenters. The van der Waals surface area contributed by atoms with Crippen LogP contribution in [0.25, 0.3) is 0 Å². The number of rotatable bonds is 7. The molecule has 1 aromatic rings. The van der Waals surface area contributed by atoms with Gasteiger partial charge in [0.25, 0.3) is 0 Å². The molecule has 0 bridgehead atoms. The Labute approximate surface area is 127 Å². The Morgan fingerprint density at radius 1 is 1.19 bits per heavy atom. The number of hydrogen-bond acceptors (Lipinski definition) is 4. The van der Waals surface area contributed by atoms with Gasteiger partial charge in [0.15, 0.2) is 0 Å². The summed E-state index contributed by atoms with van der Waals surface area (Å²) in [5.74, 6) is 1.39. The highest BCUT2D eigenvalue weighted by atomic mass is 16.5. The number of aliphatic hydroxyl groups excluding tert-OH is 1. The van der Waals surface area contributed by atoms with E-state index in [1.807, 2.05) is 38.1 Å². The Morgan fingerprint density at radius 2 is 1.86 bits per heavy atom. The van der Waals surface area contributed by atoms with Crippen LogP contribution in [0.4, 0.5) is 0 Å². The second-order valence-corrected chi connectivity index (χ2v) is 5.84.